The first-order valence-corrected chi connectivity index (χ1v) is 7.61. The number of aryl methyl sites for hydroxylation is 1. The van der Waals surface area contributed by atoms with Crippen LogP contribution in [0.25, 0.3) is 0 Å². The van der Waals surface area contributed by atoms with Gasteiger partial charge in [-0.3, -0.25) is 4.79 Å². The topological polar surface area (TPSA) is 64.6 Å². The Kier molecular flexibility index (Phi) is 5.41. The molecule has 5 nitrogen and oxygen atoms in total. The molecule has 22 heavy (non-hydrogen) atoms. The van der Waals surface area contributed by atoms with E-state index in [1.807, 2.05) is 32.9 Å². The van der Waals surface area contributed by atoms with Gasteiger partial charge in [0.15, 0.2) is 13.2 Å². The fourth-order valence-electron chi connectivity index (χ4n) is 2.21. The summed E-state index contributed by atoms with van der Waals surface area (Å²) in [6.45, 7) is 5.43. The van der Waals surface area contributed by atoms with E-state index in [1.54, 1.807) is 6.07 Å². The molecule has 0 unspecified atom stereocenters. The van der Waals surface area contributed by atoms with E-state index >= 15 is 0 Å². The second kappa shape index (κ2) is 7.29. The van der Waals surface area contributed by atoms with Crippen LogP contribution >= 0.6 is 0 Å². The number of nitrogens with one attached hydrogen (secondary N) is 1. The van der Waals surface area contributed by atoms with E-state index in [1.165, 1.54) is 0 Å². The van der Waals surface area contributed by atoms with Crippen molar-refractivity contribution in [1.29, 1.82) is 0 Å². The summed E-state index contributed by atoms with van der Waals surface area (Å²) in [6.07, 6.45) is 2.32. The lowest BCUT2D eigenvalue weighted by atomic mass is 10.1. The van der Waals surface area contributed by atoms with Crippen LogP contribution in [0.3, 0.4) is 0 Å². The Bertz CT molecular complexity index is 552. The minimum Gasteiger partial charge on any atom is -0.482 e. The number of hydrogen-bond acceptors (Lipinski definition) is 4. The van der Waals surface area contributed by atoms with Crippen LogP contribution < -0.4 is 10.1 Å². The summed E-state index contributed by atoms with van der Waals surface area (Å²) in [7, 11) is 0. The van der Waals surface area contributed by atoms with Gasteiger partial charge in [-0.1, -0.05) is 12.1 Å². The molecule has 1 atom stereocenters. The molecule has 1 N–H and O–H groups in total. The predicted octanol–water partition coefficient (Wildman–Crippen LogP) is 2.14. The second-order valence-electron chi connectivity index (χ2n) is 5.84. The van der Waals surface area contributed by atoms with E-state index in [0.717, 1.165) is 24.0 Å². The highest BCUT2D eigenvalue weighted by molar-refractivity contribution is 5.81. The number of hydrogen-bond donors (Lipinski definition) is 1. The first-order valence-electron chi connectivity index (χ1n) is 7.61. The molecular formula is C17H23NO4. The van der Waals surface area contributed by atoms with Crippen molar-refractivity contribution in [3.8, 4) is 5.75 Å². The number of ether oxygens (including phenoxy) is 2. The average molecular weight is 305 g/mol. The summed E-state index contributed by atoms with van der Waals surface area (Å²) >= 11 is 0. The zero-order valence-electron chi connectivity index (χ0n) is 13.3. The zero-order valence-corrected chi connectivity index (χ0v) is 13.3. The maximum atomic E-state index is 11.6. The Balaban J connectivity index is 1.69. The summed E-state index contributed by atoms with van der Waals surface area (Å²) in [4.78, 5) is 23.3. The number of amides is 1. The average Bonchev–Trinajstić information content (AvgIpc) is 3.31. The molecule has 1 aliphatic rings. The SMILES string of the molecule is Cc1cccc(OCC(=O)OCC(=O)N[C@H](C)C2CC2)c1C. The predicted molar refractivity (Wildman–Crippen MR) is 82.7 cm³/mol. The lowest BCUT2D eigenvalue weighted by molar-refractivity contribution is -0.150. The molecule has 1 saturated carbocycles. The minimum absolute atomic E-state index is 0.150. The van der Waals surface area contributed by atoms with E-state index in [4.69, 9.17) is 9.47 Å². The second-order valence-corrected chi connectivity index (χ2v) is 5.84. The van der Waals surface area contributed by atoms with Gasteiger partial charge in [0.25, 0.3) is 5.91 Å². The standard InChI is InChI=1S/C17H23NO4/c1-11-5-4-6-15(12(11)2)21-10-17(20)22-9-16(19)18-13(3)14-7-8-14/h4-6,13-14H,7-10H2,1-3H3,(H,18,19)/t13-/m1/s1. The molecule has 0 heterocycles. The number of rotatable bonds is 7. The molecule has 1 aliphatic carbocycles. The molecular weight excluding hydrogens is 282 g/mol. The molecule has 120 valence electrons. The molecule has 1 aromatic carbocycles. The molecule has 0 saturated heterocycles. The van der Waals surface area contributed by atoms with E-state index in [-0.39, 0.29) is 25.2 Å². The molecule has 1 aromatic rings. The third-order valence-corrected chi connectivity index (χ3v) is 3.98. The van der Waals surface area contributed by atoms with Crippen molar-refractivity contribution in [2.75, 3.05) is 13.2 Å². The molecule has 1 fully saturated rings. The molecule has 1 amide bonds. The van der Waals surface area contributed by atoms with Crippen LogP contribution in [0.1, 0.15) is 30.9 Å². The van der Waals surface area contributed by atoms with Gasteiger partial charge in [0.05, 0.1) is 0 Å². The van der Waals surface area contributed by atoms with E-state index in [2.05, 4.69) is 5.32 Å². The maximum Gasteiger partial charge on any atom is 0.344 e. The van der Waals surface area contributed by atoms with E-state index in [0.29, 0.717) is 11.7 Å². The van der Waals surface area contributed by atoms with E-state index in [9.17, 15) is 9.59 Å². The normalized spacial score (nSPS) is 15.0. The Morgan fingerprint density at radius 2 is 2.00 bits per heavy atom. The van der Waals surface area contributed by atoms with Crippen molar-refractivity contribution in [2.45, 2.75) is 39.7 Å². The van der Waals surface area contributed by atoms with Crippen LogP contribution in [0, 0.1) is 19.8 Å². The van der Waals surface area contributed by atoms with Crippen LogP contribution in [0.4, 0.5) is 0 Å². The van der Waals surface area contributed by atoms with Crippen molar-refractivity contribution in [3.63, 3.8) is 0 Å². The van der Waals surface area contributed by atoms with Crippen LogP contribution in [-0.2, 0) is 14.3 Å². The molecule has 0 aromatic heterocycles. The maximum absolute atomic E-state index is 11.6. The number of esters is 1. The molecule has 0 aliphatic heterocycles. The Labute approximate surface area is 131 Å². The van der Waals surface area contributed by atoms with Gasteiger partial charge in [0.2, 0.25) is 0 Å². The Morgan fingerprint density at radius 1 is 1.27 bits per heavy atom. The van der Waals surface area contributed by atoms with Gasteiger partial charge in [-0.25, -0.2) is 4.79 Å². The van der Waals surface area contributed by atoms with Crippen LogP contribution in [0.5, 0.6) is 5.75 Å². The van der Waals surface area contributed by atoms with Crippen LogP contribution in [-0.4, -0.2) is 31.1 Å². The third kappa shape index (κ3) is 4.76. The highest BCUT2D eigenvalue weighted by Gasteiger charge is 2.28. The molecule has 0 bridgehead atoms. The van der Waals surface area contributed by atoms with Crippen LogP contribution in [0.15, 0.2) is 18.2 Å². The first kappa shape index (κ1) is 16.3. The molecule has 0 radical (unpaired) electrons. The summed E-state index contributed by atoms with van der Waals surface area (Å²) in [5.74, 6) is 0.422. The highest BCUT2D eigenvalue weighted by atomic mass is 16.6. The largest absolute Gasteiger partial charge is 0.482 e. The van der Waals surface area contributed by atoms with Gasteiger partial charge in [-0.2, -0.15) is 0 Å². The Morgan fingerprint density at radius 3 is 2.68 bits per heavy atom. The van der Waals surface area contributed by atoms with E-state index < -0.39 is 5.97 Å². The van der Waals surface area contributed by atoms with Gasteiger partial charge in [-0.15, -0.1) is 0 Å². The molecule has 0 spiro atoms. The van der Waals surface area contributed by atoms with Gasteiger partial charge < -0.3 is 14.8 Å². The van der Waals surface area contributed by atoms with Crippen molar-refractivity contribution in [1.82, 2.24) is 5.32 Å². The molecule has 5 heteroatoms. The van der Waals surface area contributed by atoms with Gasteiger partial charge >= 0.3 is 5.97 Å². The summed E-state index contributed by atoms with van der Waals surface area (Å²) < 4.78 is 10.4. The summed E-state index contributed by atoms with van der Waals surface area (Å²) in [5.41, 5.74) is 2.09. The number of carbonyl (C=O) groups excluding carboxylic acids is 2. The fraction of sp³-hybridized carbons (Fsp3) is 0.529. The highest BCUT2D eigenvalue weighted by Crippen LogP contribution is 2.32. The lowest BCUT2D eigenvalue weighted by Crippen LogP contribution is -2.37. The number of benzene rings is 1. The van der Waals surface area contributed by atoms with Crippen molar-refractivity contribution >= 4 is 11.9 Å². The van der Waals surface area contributed by atoms with Crippen molar-refractivity contribution in [3.05, 3.63) is 29.3 Å². The zero-order chi connectivity index (χ0) is 16.1. The van der Waals surface area contributed by atoms with Gasteiger partial charge in [0, 0.05) is 6.04 Å². The molecule has 2 rings (SSSR count). The van der Waals surface area contributed by atoms with Gasteiger partial charge in [-0.05, 0) is 56.7 Å². The quantitative estimate of drug-likeness (QED) is 0.784. The summed E-state index contributed by atoms with van der Waals surface area (Å²) in [5, 5.41) is 2.83. The van der Waals surface area contributed by atoms with Crippen molar-refractivity contribution < 1.29 is 19.1 Å². The minimum atomic E-state index is -0.546. The first-order chi connectivity index (χ1) is 10.5. The van der Waals surface area contributed by atoms with Gasteiger partial charge in [0.1, 0.15) is 5.75 Å². The third-order valence-electron chi connectivity index (χ3n) is 3.98. The monoisotopic (exact) mass is 305 g/mol. The Hall–Kier alpha value is -2.04. The fourth-order valence-corrected chi connectivity index (χ4v) is 2.21. The number of carbonyl (C=O) groups is 2. The van der Waals surface area contributed by atoms with Crippen molar-refractivity contribution in [2.24, 2.45) is 5.92 Å². The van der Waals surface area contributed by atoms with Crippen LogP contribution in [0.2, 0.25) is 0 Å². The lowest BCUT2D eigenvalue weighted by Gasteiger charge is -2.13. The summed E-state index contributed by atoms with van der Waals surface area (Å²) in [6, 6.07) is 5.80. The smallest absolute Gasteiger partial charge is 0.344 e.